The molecule has 0 saturated heterocycles. The van der Waals surface area contributed by atoms with Crippen LogP contribution in [0.3, 0.4) is 0 Å². The van der Waals surface area contributed by atoms with Gasteiger partial charge in [-0.3, -0.25) is 4.79 Å². The summed E-state index contributed by atoms with van der Waals surface area (Å²) in [5.41, 5.74) is 0.754. The van der Waals surface area contributed by atoms with Gasteiger partial charge in [0.25, 0.3) is 0 Å². The van der Waals surface area contributed by atoms with Gasteiger partial charge in [-0.25, -0.2) is 0 Å². The van der Waals surface area contributed by atoms with Crippen LogP contribution in [0.1, 0.15) is 25.8 Å². The predicted molar refractivity (Wildman–Crippen MR) is 66.7 cm³/mol. The van der Waals surface area contributed by atoms with E-state index in [9.17, 15) is 4.79 Å². The standard InChI is InChI=1S/C13H15BrO2/c1-8-6-9(14)4-5-10(8)16-12-7-11(15)13(12,2)3/h4-6,12H,7H2,1-3H3. The van der Waals surface area contributed by atoms with E-state index >= 15 is 0 Å². The number of ether oxygens (including phenoxy) is 1. The van der Waals surface area contributed by atoms with Crippen molar-refractivity contribution in [1.82, 2.24) is 0 Å². The first-order chi connectivity index (χ1) is 7.41. The third-order valence-corrected chi connectivity index (χ3v) is 3.79. The molecule has 0 N–H and O–H groups in total. The molecule has 1 aliphatic carbocycles. The normalized spacial score (nSPS) is 22.8. The van der Waals surface area contributed by atoms with Crippen LogP contribution >= 0.6 is 15.9 Å². The van der Waals surface area contributed by atoms with Gasteiger partial charge in [0.15, 0.2) is 0 Å². The van der Waals surface area contributed by atoms with Crippen molar-refractivity contribution in [1.29, 1.82) is 0 Å². The average Bonchev–Trinajstić information content (AvgIpc) is 2.21. The highest BCUT2D eigenvalue weighted by Crippen LogP contribution is 2.40. The molecule has 1 fully saturated rings. The lowest BCUT2D eigenvalue weighted by molar-refractivity contribution is -0.148. The van der Waals surface area contributed by atoms with Crippen LogP contribution < -0.4 is 4.74 Å². The molecule has 0 radical (unpaired) electrons. The maximum atomic E-state index is 11.4. The molecule has 1 unspecified atom stereocenters. The summed E-state index contributed by atoms with van der Waals surface area (Å²) in [7, 11) is 0. The molecular formula is C13H15BrO2. The highest BCUT2D eigenvalue weighted by Gasteiger charge is 2.49. The summed E-state index contributed by atoms with van der Waals surface area (Å²) in [6.45, 7) is 5.89. The Morgan fingerprint density at radius 3 is 2.62 bits per heavy atom. The quantitative estimate of drug-likeness (QED) is 0.830. The smallest absolute Gasteiger partial charge is 0.145 e. The Kier molecular flexibility index (Phi) is 2.82. The van der Waals surface area contributed by atoms with Gasteiger partial charge in [0, 0.05) is 10.9 Å². The number of rotatable bonds is 2. The third-order valence-electron chi connectivity index (χ3n) is 3.30. The average molecular weight is 283 g/mol. The van der Waals surface area contributed by atoms with E-state index < -0.39 is 0 Å². The third kappa shape index (κ3) is 1.88. The van der Waals surface area contributed by atoms with Crippen molar-refractivity contribution in [3.63, 3.8) is 0 Å². The molecule has 2 rings (SSSR count). The van der Waals surface area contributed by atoms with Gasteiger partial charge in [-0.2, -0.15) is 0 Å². The topological polar surface area (TPSA) is 26.3 Å². The molecule has 0 aliphatic heterocycles. The second-order valence-electron chi connectivity index (χ2n) is 4.87. The minimum Gasteiger partial charge on any atom is -0.489 e. The van der Waals surface area contributed by atoms with Gasteiger partial charge < -0.3 is 4.74 Å². The Labute approximate surface area is 104 Å². The number of hydrogen-bond acceptors (Lipinski definition) is 2. The van der Waals surface area contributed by atoms with Gasteiger partial charge in [-0.1, -0.05) is 15.9 Å². The van der Waals surface area contributed by atoms with Crippen molar-refractivity contribution in [2.45, 2.75) is 33.3 Å². The molecule has 1 atom stereocenters. The summed E-state index contributed by atoms with van der Waals surface area (Å²) in [6, 6.07) is 5.91. The maximum absolute atomic E-state index is 11.4. The maximum Gasteiger partial charge on any atom is 0.145 e. The first-order valence-electron chi connectivity index (χ1n) is 5.37. The van der Waals surface area contributed by atoms with Crippen LogP contribution in [0, 0.1) is 12.3 Å². The predicted octanol–water partition coefficient (Wildman–Crippen LogP) is 3.50. The fourth-order valence-electron chi connectivity index (χ4n) is 1.82. The van der Waals surface area contributed by atoms with Gasteiger partial charge in [-0.05, 0) is 44.5 Å². The summed E-state index contributed by atoms with van der Waals surface area (Å²) in [4.78, 5) is 11.4. The summed E-state index contributed by atoms with van der Waals surface area (Å²) < 4.78 is 6.92. The van der Waals surface area contributed by atoms with Crippen LogP contribution in [0.5, 0.6) is 5.75 Å². The molecule has 0 heterocycles. The van der Waals surface area contributed by atoms with Crippen LogP contribution in [0.2, 0.25) is 0 Å². The van der Waals surface area contributed by atoms with Gasteiger partial charge in [0.05, 0.1) is 5.41 Å². The van der Waals surface area contributed by atoms with Crippen molar-refractivity contribution in [2.75, 3.05) is 0 Å². The number of aryl methyl sites for hydroxylation is 1. The first-order valence-corrected chi connectivity index (χ1v) is 6.16. The molecule has 0 spiro atoms. The molecule has 86 valence electrons. The number of carbonyl (C=O) groups excluding carboxylic acids is 1. The highest BCUT2D eigenvalue weighted by molar-refractivity contribution is 9.10. The van der Waals surface area contributed by atoms with E-state index in [0.717, 1.165) is 15.8 Å². The zero-order valence-corrected chi connectivity index (χ0v) is 11.3. The lowest BCUT2D eigenvalue weighted by Gasteiger charge is -2.42. The second-order valence-corrected chi connectivity index (χ2v) is 5.78. The van der Waals surface area contributed by atoms with Crippen LogP contribution in [-0.4, -0.2) is 11.9 Å². The van der Waals surface area contributed by atoms with Crippen molar-refractivity contribution < 1.29 is 9.53 Å². The Hall–Kier alpha value is -0.830. The molecule has 2 nitrogen and oxygen atoms in total. The van der Waals surface area contributed by atoms with E-state index in [1.807, 2.05) is 39.0 Å². The van der Waals surface area contributed by atoms with E-state index in [-0.39, 0.29) is 17.3 Å². The molecule has 0 amide bonds. The van der Waals surface area contributed by atoms with Crippen LogP contribution in [0.25, 0.3) is 0 Å². The molecule has 0 bridgehead atoms. The van der Waals surface area contributed by atoms with Crippen molar-refractivity contribution >= 4 is 21.7 Å². The number of halogens is 1. The van der Waals surface area contributed by atoms with Gasteiger partial charge in [-0.15, -0.1) is 0 Å². The molecule has 1 saturated carbocycles. The number of hydrogen-bond donors (Lipinski definition) is 0. The molecule has 1 aromatic carbocycles. The van der Waals surface area contributed by atoms with Crippen molar-refractivity contribution in [3.8, 4) is 5.75 Å². The number of Topliss-reactive ketones (excluding diaryl/α,β-unsaturated/α-hetero) is 1. The van der Waals surface area contributed by atoms with Gasteiger partial charge >= 0.3 is 0 Å². The Morgan fingerprint density at radius 2 is 2.12 bits per heavy atom. The van der Waals surface area contributed by atoms with Crippen LogP contribution in [-0.2, 0) is 4.79 Å². The number of ketones is 1. The molecule has 16 heavy (non-hydrogen) atoms. The molecule has 0 aromatic heterocycles. The van der Waals surface area contributed by atoms with E-state index in [0.29, 0.717) is 6.42 Å². The van der Waals surface area contributed by atoms with Gasteiger partial charge in [0.1, 0.15) is 17.6 Å². The van der Waals surface area contributed by atoms with Crippen LogP contribution in [0.15, 0.2) is 22.7 Å². The minimum atomic E-state index is -0.334. The largest absolute Gasteiger partial charge is 0.489 e. The van der Waals surface area contributed by atoms with Crippen molar-refractivity contribution in [3.05, 3.63) is 28.2 Å². The fraction of sp³-hybridized carbons (Fsp3) is 0.462. The summed E-state index contributed by atoms with van der Waals surface area (Å²) >= 11 is 3.42. The van der Waals surface area contributed by atoms with Crippen LogP contribution in [0.4, 0.5) is 0 Å². The monoisotopic (exact) mass is 282 g/mol. The SMILES string of the molecule is Cc1cc(Br)ccc1OC1CC(=O)C1(C)C. The number of carbonyl (C=O) groups is 1. The zero-order valence-electron chi connectivity index (χ0n) is 9.71. The lowest BCUT2D eigenvalue weighted by atomic mass is 9.68. The second kappa shape index (κ2) is 3.88. The molecule has 1 aliphatic rings. The summed E-state index contributed by atoms with van der Waals surface area (Å²) in [5, 5.41) is 0. The number of benzene rings is 1. The van der Waals surface area contributed by atoms with Gasteiger partial charge in [0.2, 0.25) is 0 Å². The molecule has 1 aromatic rings. The van der Waals surface area contributed by atoms with Crippen molar-refractivity contribution in [2.24, 2.45) is 5.41 Å². The minimum absolute atomic E-state index is 0.0138. The summed E-state index contributed by atoms with van der Waals surface area (Å²) in [6.07, 6.45) is 0.544. The molecule has 3 heteroatoms. The Morgan fingerprint density at radius 1 is 1.44 bits per heavy atom. The highest BCUT2D eigenvalue weighted by atomic mass is 79.9. The van der Waals surface area contributed by atoms with E-state index in [1.54, 1.807) is 0 Å². The summed E-state index contributed by atoms with van der Waals surface area (Å²) in [5.74, 6) is 1.15. The van der Waals surface area contributed by atoms with E-state index in [2.05, 4.69) is 15.9 Å². The van der Waals surface area contributed by atoms with E-state index in [4.69, 9.17) is 4.74 Å². The lowest BCUT2D eigenvalue weighted by Crippen LogP contribution is -2.53. The first kappa shape index (κ1) is 11.6. The molecular weight excluding hydrogens is 268 g/mol. The Balaban J connectivity index is 2.14. The Bertz CT molecular complexity index is 438. The van der Waals surface area contributed by atoms with E-state index in [1.165, 1.54) is 0 Å². The zero-order chi connectivity index (χ0) is 11.9. The fourth-order valence-corrected chi connectivity index (χ4v) is 2.30.